The summed E-state index contributed by atoms with van der Waals surface area (Å²) in [5.74, 6) is -0.0504. The van der Waals surface area contributed by atoms with Crippen LogP contribution in [0.5, 0.6) is 11.5 Å². The molecule has 0 aliphatic carbocycles. The summed E-state index contributed by atoms with van der Waals surface area (Å²) in [7, 11) is 4.41. The zero-order valence-electron chi connectivity index (χ0n) is 35.4. The van der Waals surface area contributed by atoms with Crippen molar-refractivity contribution in [3.8, 4) is 33.8 Å². The summed E-state index contributed by atoms with van der Waals surface area (Å²) in [6.07, 6.45) is 14.2. The van der Waals surface area contributed by atoms with Crippen LogP contribution in [-0.4, -0.2) is 76.2 Å². The van der Waals surface area contributed by atoms with Crippen molar-refractivity contribution < 1.29 is 32.6 Å². The number of aromatic nitrogens is 6. The highest BCUT2D eigenvalue weighted by Crippen LogP contribution is 2.36. The molecule has 0 aliphatic rings. The van der Waals surface area contributed by atoms with Crippen LogP contribution in [0, 0.1) is 11.6 Å². The largest absolute Gasteiger partial charge is 0.492 e. The van der Waals surface area contributed by atoms with E-state index in [-0.39, 0.29) is 17.5 Å². The first kappa shape index (κ1) is 46.7. The monoisotopic (exact) mass is 904 g/mol. The number of thiophene rings is 2. The average molecular weight is 905 g/mol. The molecule has 1 amide bonds. The highest BCUT2D eigenvalue weighted by atomic mass is 32.1. The molecule has 0 saturated carbocycles. The van der Waals surface area contributed by atoms with E-state index in [0.717, 1.165) is 92.6 Å². The lowest BCUT2D eigenvalue weighted by molar-refractivity contribution is 0.0599. The minimum Gasteiger partial charge on any atom is -0.492 e. The molecule has 2 aromatic carbocycles. The number of amides is 1. The van der Waals surface area contributed by atoms with Crippen molar-refractivity contribution >= 4 is 55.0 Å². The molecule has 17 heteroatoms. The summed E-state index contributed by atoms with van der Waals surface area (Å²) in [5, 5.41) is 8.71. The fraction of sp³-hybridized carbons (Fsp3) is 0.234. The summed E-state index contributed by atoms with van der Waals surface area (Å²) in [6, 6.07) is 16.3. The van der Waals surface area contributed by atoms with E-state index in [1.807, 2.05) is 10.8 Å². The van der Waals surface area contributed by atoms with Crippen molar-refractivity contribution in [2.75, 3.05) is 34.4 Å². The lowest BCUT2D eigenvalue weighted by atomic mass is 10.0. The van der Waals surface area contributed by atoms with Crippen LogP contribution in [-0.2, 0) is 17.6 Å². The predicted molar refractivity (Wildman–Crippen MR) is 246 cm³/mol. The van der Waals surface area contributed by atoms with Gasteiger partial charge in [-0.15, -0.1) is 22.7 Å². The zero-order chi connectivity index (χ0) is 45.3. The number of carbonyl (C=O) groups is 2. The first-order valence-electron chi connectivity index (χ1n) is 20.3. The van der Waals surface area contributed by atoms with E-state index in [1.165, 1.54) is 50.8 Å². The highest BCUT2D eigenvalue weighted by Gasteiger charge is 2.15. The van der Waals surface area contributed by atoms with Crippen LogP contribution in [0.4, 0.5) is 8.78 Å². The molecular formula is C47H46F2N8O5S2. The topological polar surface area (TPSA) is 177 Å². The van der Waals surface area contributed by atoms with Gasteiger partial charge in [-0.3, -0.25) is 14.8 Å². The van der Waals surface area contributed by atoms with Crippen molar-refractivity contribution in [2.45, 2.75) is 38.5 Å². The minimum atomic E-state index is -0.446. The Hall–Kier alpha value is -6.82. The molecule has 0 fully saturated rings. The summed E-state index contributed by atoms with van der Waals surface area (Å²) in [6.45, 7) is 1.01. The second-order valence-electron chi connectivity index (χ2n) is 13.8. The van der Waals surface area contributed by atoms with Crippen molar-refractivity contribution in [3.05, 3.63) is 143 Å². The van der Waals surface area contributed by atoms with Gasteiger partial charge in [0.25, 0.3) is 5.91 Å². The molecule has 3 N–H and O–H groups in total. The number of nitrogens with zero attached hydrogens (tertiary/aromatic N) is 6. The van der Waals surface area contributed by atoms with Crippen molar-refractivity contribution in [3.63, 3.8) is 0 Å². The summed E-state index contributed by atoms with van der Waals surface area (Å²) < 4.78 is 42.8. The standard InChI is InChI=1S/C23H21FN4O2S.C23H20FN3O3S.CH5N/c1-25-22(29)16-10-18(12-26-11-16)30-9-3-2-4-20-21-19(13-31-23(21)28-14-27-20)15-5-7-17(24)8-6-15;1-29-23(28)16-10-18(12-25-11-16)30-9-3-2-4-20-21-19(13-31-22(21)27-14-26-20)15-5-7-17(24)8-6-15;1-2/h5-8,10-14H,2-4,9H2,1H3,(H,25,29);5-8,10-14H,2-4,9H2,1H3;2H2,1H3. The van der Waals surface area contributed by atoms with Crippen LogP contribution in [0.1, 0.15) is 57.8 Å². The fourth-order valence-corrected chi connectivity index (χ4v) is 8.47. The van der Waals surface area contributed by atoms with Crippen LogP contribution in [0.25, 0.3) is 42.7 Å². The fourth-order valence-electron chi connectivity index (χ4n) is 6.60. The third-order valence-electron chi connectivity index (χ3n) is 9.70. The Morgan fingerprint density at radius 3 is 1.55 bits per heavy atom. The number of methoxy groups -OCH3 is 1. The number of nitrogens with two attached hydrogens (primary N) is 1. The SMILES string of the molecule is CN.CNC(=O)c1cncc(OCCCCc2ncnc3scc(-c4ccc(F)cc4)c23)c1.COC(=O)c1cncc(OCCCCc2ncnc3scc(-c4ccc(F)cc4)c23)c1. The number of halogens is 2. The van der Waals surface area contributed by atoms with E-state index in [2.05, 4.69) is 41.0 Å². The van der Waals surface area contributed by atoms with Gasteiger partial charge in [-0.25, -0.2) is 33.5 Å². The number of fused-ring (bicyclic) bond motifs is 2. The van der Waals surface area contributed by atoms with Crippen LogP contribution >= 0.6 is 22.7 Å². The van der Waals surface area contributed by atoms with E-state index in [1.54, 1.807) is 91.2 Å². The van der Waals surface area contributed by atoms with Crippen molar-refractivity contribution in [1.82, 2.24) is 35.2 Å². The second-order valence-corrected chi connectivity index (χ2v) is 15.5. The van der Waals surface area contributed by atoms with Gasteiger partial charge in [0.15, 0.2) is 0 Å². The number of benzene rings is 2. The molecule has 8 rings (SSSR count). The predicted octanol–water partition coefficient (Wildman–Crippen LogP) is 9.31. The molecule has 0 bridgehead atoms. The van der Waals surface area contributed by atoms with Gasteiger partial charge in [-0.1, -0.05) is 24.3 Å². The maximum absolute atomic E-state index is 13.3. The molecule has 0 atom stereocenters. The molecule has 13 nitrogen and oxygen atoms in total. The number of ether oxygens (including phenoxy) is 3. The van der Waals surface area contributed by atoms with Crippen molar-refractivity contribution in [2.24, 2.45) is 5.73 Å². The molecule has 0 aliphatic heterocycles. The normalized spacial score (nSPS) is 10.7. The van der Waals surface area contributed by atoms with E-state index in [9.17, 15) is 18.4 Å². The lowest BCUT2D eigenvalue weighted by Gasteiger charge is -2.08. The van der Waals surface area contributed by atoms with Gasteiger partial charge in [-0.05, 0) is 93.1 Å². The molecule has 330 valence electrons. The van der Waals surface area contributed by atoms with Crippen LogP contribution in [0.3, 0.4) is 0 Å². The quantitative estimate of drug-likeness (QED) is 0.0695. The Morgan fingerprint density at radius 1 is 0.641 bits per heavy atom. The van der Waals surface area contributed by atoms with E-state index < -0.39 is 5.97 Å². The molecule has 6 aromatic heterocycles. The van der Waals surface area contributed by atoms with Gasteiger partial charge in [-0.2, -0.15) is 0 Å². The van der Waals surface area contributed by atoms with E-state index >= 15 is 0 Å². The Kier molecular flexibility index (Phi) is 17.2. The number of aryl methyl sites for hydroxylation is 2. The van der Waals surface area contributed by atoms with E-state index in [4.69, 9.17) is 14.2 Å². The molecule has 64 heavy (non-hydrogen) atoms. The van der Waals surface area contributed by atoms with Gasteiger partial charge in [0, 0.05) is 52.1 Å². The number of unbranched alkanes of at least 4 members (excludes halogenated alkanes) is 2. The number of hydrogen-bond donors (Lipinski definition) is 2. The molecule has 0 unspecified atom stereocenters. The molecular weight excluding hydrogens is 859 g/mol. The minimum absolute atomic E-state index is 0.196. The molecule has 0 spiro atoms. The summed E-state index contributed by atoms with van der Waals surface area (Å²) in [4.78, 5) is 51.0. The third-order valence-corrected chi connectivity index (χ3v) is 11.5. The first-order chi connectivity index (χ1) is 31.3. The number of nitrogens with one attached hydrogen (secondary N) is 1. The number of carbonyl (C=O) groups excluding carboxylic acids is 2. The molecule has 8 aromatic rings. The number of esters is 1. The van der Waals surface area contributed by atoms with Crippen LogP contribution in [0.15, 0.2) is 109 Å². The smallest absolute Gasteiger partial charge is 0.339 e. The molecule has 6 heterocycles. The molecule has 0 saturated heterocycles. The lowest BCUT2D eigenvalue weighted by Crippen LogP contribution is -2.18. The Morgan fingerprint density at radius 2 is 1.09 bits per heavy atom. The zero-order valence-corrected chi connectivity index (χ0v) is 37.1. The number of pyridine rings is 2. The van der Waals surface area contributed by atoms with Crippen molar-refractivity contribution in [1.29, 1.82) is 0 Å². The Bertz CT molecular complexity index is 2580. The van der Waals surface area contributed by atoms with Crippen LogP contribution < -0.4 is 20.5 Å². The van der Waals surface area contributed by atoms with Gasteiger partial charge >= 0.3 is 5.97 Å². The maximum atomic E-state index is 13.3. The van der Waals surface area contributed by atoms with Gasteiger partial charge in [0.05, 0.1) is 55.2 Å². The first-order valence-corrected chi connectivity index (χ1v) is 22.0. The maximum Gasteiger partial charge on any atom is 0.339 e. The van der Waals surface area contributed by atoms with Gasteiger partial charge < -0.3 is 25.3 Å². The molecule has 0 radical (unpaired) electrons. The summed E-state index contributed by atoms with van der Waals surface area (Å²) >= 11 is 3.12. The summed E-state index contributed by atoms with van der Waals surface area (Å²) in [5.41, 5.74) is 11.2. The number of rotatable bonds is 16. The van der Waals surface area contributed by atoms with Gasteiger partial charge in [0.1, 0.15) is 45.4 Å². The third kappa shape index (κ3) is 12.2. The van der Waals surface area contributed by atoms with Crippen LogP contribution in [0.2, 0.25) is 0 Å². The highest BCUT2D eigenvalue weighted by molar-refractivity contribution is 7.17. The Balaban J connectivity index is 0.000000205. The number of hydrogen-bond acceptors (Lipinski definition) is 14. The Labute approximate surface area is 376 Å². The van der Waals surface area contributed by atoms with E-state index in [0.29, 0.717) is 35.8 Å². The second kappa shape index (κ2) is 23.6. The average Bonchev–Trinajstić information content (AvgIpc) is 3.98. The van der Waals surface area contributed by atoms with Gasteiger partial charge in [0.2, 0.25) is 0 Å².